The summed E-state index contributed by atoms with van der Waals surface area (Å²) in [5.41, 5.74) is 1.90. The molecule has 0 N–H and O–H groups in total. The van der Waals surface area contributed by atoms with Crippen molar-refractivity contribution in [3.8, 4) is 17.1 Å². The van der Waals surface area contributed by atoms with E-state index in [-0.39, 0.29) is 0 Å². The first kappa shape index (κ1) is 19.9. The topological polar surface area (TPSA) is 53.1 Å². The average molecular weight is 446 g/mol. The fraction of sp³-hybridized carbons (Fsp3) is 0.143. The fourth-order valence-corrected chi connectivity index (χ4v) is 4.35. The van der Waals surface area contributed by atoms with Gasteiger partial charge in [0.05, 0.1) is 19.9 Å². The maximum absolute atomic E-state index is 6.32. The number of methoxy groups -OCH3 is 1. The summed E-state index contributed by atoms with van der Waals surface area (Å²) in [5.74, 6) is 2.97. The van der Waals surface area contributed by atoms with E-state index in [9.17, 15) is 0 Å². The van der Waals surface area contributed by atoms with Gasteiger partial charge in [0.2, 0.25) is 0 Å². The summed E-state index contributed by atoms with van der Waals surface area (Å²) in [6.07, 6.45) is 1.66. The molecule has 0 bridgehead atoms. The molecule has 0 unspecified atom stereocenters. The van der Waals surface area contributed by atoms with Crippen molar-refractivity contribution >= 4 is 35.0 Å². The largest absolute Gasteiger partial charge is 0.497 e. The molecule has 8 heteroatoms. The summed E-state index contributed by atoms with van der Waals surface area (Å²) in [6, 6.07) is 17.0. The number of halogens is 2. The quantitative estimate of drug-likeness (QED) is 0.317. The van der Waals surface area contributed by atoms with Crippen LogP contribution in [0.4, 0.5) is 0 Å². The molecule has 4 rings (SSSR count). The molecule has 4 aromatic rings. The van der Waals surface area contributed by atoms with E-state index < -0.39 is 0 Å². The lowest BCUT2D eigenvalue weighted by atomic mass is 10.2. The van der Waals surface area contributed by atoms with Gasteiger partial charge in [-0.15, -0.1) is 10.2 Å². The zero-order chi connectivity index (χ0) is 20.2. The van der Waals surface area contributed by atoms with E-state index >= 15 is 0 Å². The Hall–Kier alpha value is -2.41. The highest BCUT2D eigenvalue weighted by atomic mass is 35.5. The molecule has 2 aromatic heterocycles. The summed E-state index contributed by atoms with van der Waals surface area (Å²) in [6.45, 7) is 0.517. The molecule has 2 heterocycles. The molecule has 0 saturated carbocycles. The molecule has 29 heavy (non-hydrogen) atoms. The van der Waals surface area contributed by atoms with E-state index in [0.29, 0.717) is 22.3 Å². The van der Waals surface area contributed by atoms with Crippen LogP contribution in [0.3, 0.4) is 0 Å². The molecule has 0 atom stereocenters. The second kappa shape index (κ2) is 8.95. The molecule has 0 aliphatic rings. The number of furan rings is 1. The van der Waals surface area contributed by atoms with E-state index in [0.717, 1.165) is 33.6 Å². The van der Waals surface area contributed by atoms with Crippen LogP contribution in [0.2, 0.25) is 10.0 Å². The van der Waals surface area contributed by atoms with Crippen LogP contribution >= 0.6 is 35.0 Å². The van der Waals surface area contributed by atoms with E-state index in [1.807, 2.05) is 53.1 Å². The summed E-state index contributed by atoms with van der Waals surface area (Å²) in [5, 5.41) is 10.9. The Morgan fingerprint density at radius 1 is 1.07 bits per heavy atom. The molecular formula is C21H17Cl2N3O2S. The second-order valence-electron chi connectivity index (χ2n) is 6.23. The van der Waals surface area contributed by atoms with Crippen LogP contribution < -0.4 is 4.74 Å². The van der Waals surface area contributed by atoms with Gasteiger partial charge in [-0.25, -0.2) is 0 Å². The van der Waals surface area contributed by atoms with Crippen LogP contribution in [-0.2, 0) is 12.3 Å². The summed E-state index contributed by atoms with van der Waals surface area (Å²) >= 11 is 13.9. The van der Waals surface area contributed by atoms with Crippen molar-refractivity contribution in [3.63, 3.8) is 0 Å². The second-order valence-corrected chi connectivity index (χ2v) is 8.01. The number of benzene rings is 2. The van der Waals surface area contributed by atoms with Crippen LogP contribution in [0.25, 0.3) is 11.4 Å². The predicted molar refractivity (Wildman–Crippen MR) is 116 cm³/mol. The number of nitrogens with zero attached hydrogens (tertiary/aromatic N) is 3. The van der Waals surface area contributed by atoms with Crippen LogP contribution in [0, 0.1) is 0 Å². The minimum atomic E-state index is 0.517. The first-order valence-corrected chi connectivity index (χ1v) is 10.5. The Balaban J connectivity index is 1.66. The Kier molecular flexibility index (Phi) is 6.13. The molecule has 5 nitrogen and oxygen atoms in total. The number of aromatic nitrogens is 3. The standard InChI is InChI=1S/C21H17Cl2N3O2S/c1-27-17-5-2-4-14(10-17)20-24-25-21(26(20)12-18-6-3-9-28-18)29-13-15-7-8-16(22)11-19(15)23/h2-11H,12-13H2,1H3. The van der Waals surface area contributed by atoms with Crippen molar-refractivity contribution in [1.29, 1.82) is 0 Å². The molecule has 0 aliphatic carbocycles. The molecule has 0 aliphatic heterocycles. The Labute approximate surface area is 182 Å². The van der Waals surface area contributed by atoms with Crippen LogP contribution in [0.15, 0.2) is 70.4 Å². The Morgan fingerprint density at radius 3 is 2.72 bits per heavy atom. The predicted octanol–water partition coefficient (Wildman–Crippen LogP) is 6.19. The van der Waals surface area contributed by atoms with E-state index in [2.05, 4.69) is 10.2 Å². The van der Waals surface area contributed by atoms with Gasteiger partial charge in [-0.05, 0) is 42.0 Å². The smallest absolute Gasteiger partial charge is 0.192 e. The average Bonchev–Trinajstić information content (AvgIpc) is 3.38. The Bertz CT molecular complexity index is 1110. The number of hydrogen-bond donors (Lipinski definition) is 0. The molecule has 0 saturated heterocycles. The highest BCUT2D eigenvalue weighted by molar-refractivity contribution is 7.98. The SMILES string of the molecule is COc1cccc(-c2nnc(SCc3ccc(Cl)cc3Cl)n2Cc2ccco2)c1. The zero-order valence-corrected chi connectivity index (χ0v) is 17.8. The first-order chi connectivity index (χ1) is 14.1. The van der Waals surface area contributed by atoms with Gasteiger partial charge in [0, 0.05) is 21.4 Å². The maximum atomic E-state index is 6.32. The number of rotatable bonds is 7. The molecule has 148 valence electrons. The number of ether oxygens (including phenoxy) is 1. The third-order valence-corrected chi connectivity index (χ3v) is 5.91. The first-order valence-electron chi connectivity index (χ1n) is 8.81. The number of hydrogen-bond acceptors (Lipinski definition) is 5. The lowest BCUT2D eigenvalue weighted by Crippen LogP contribution is -2.03. The van der Waals surface area contributed by atoms with Crippen molar-refractivity contribution in [1.82, 2.24) is 14.8 Å². The van der Waals surface area contributed by atoms with Crippen molar-refractivity contribution in [3.05, 3.63) is 82.2 Å². The molecule has 0 radical (unpaired) electrons. The molecular weight excluding hydrogens is 429 g/mol. The van der Waals surface area contributed by atoms with Crippen LogP contribution in [0.5, 0.6) is 5.75 Å². The van der Waals surface area contributed by atoms with Gasteiger partial charge < -0.3 is 9.15 Å². The highest BCUT2D eigenvalue weighted by Crippen LogP contribution is 2.31. The van der Waals surface area contributed by atoms with Gasteiger partial charge in [0.1, 0.15) is 11.5 Å². The van der Waals surface area contributed by atoms with Crippen LogP contribution in [-0.4, -0.2) is 21.9 Å². The Morgan fingerprint density at radius 2 is 1.97 bits per heavy atom. The molecule has 2 aromatic carbocycles. The normalized spacial score (nSPS) is 11.0. The summed E-state index contributed by atoms with van der Waals surface area (Å²) < 4.78 is 12.9. The van der Waals surface area contributed by atoms with Gasteiger partial charge in [0.15, 0.2) is 11.0 Å². The minimum absolute atomic E-state index is 0.517. The van der Waals surface area contributed by atoms with Gasteiger partial charge in [-0.2, -0.15) is 0 Å². The molecule has 0 spiro atoms. The van der Waals surface area contributed by atoms with Crippen molar-refractivity contribution < 1.29 is 9.15 Å². The van der Waals surface area contributed by atoms with Crippen molar-refractivity contribution in [2.75, 3.05) is 7.11 Å². The van der Waals surface area contributed by atoms with E-state index in [1.54, 1.807) is 31.2 Å². The number of thioether (sulfide) groups is 1. The summed E-state index contributed by atoms with van der Waals surface area (Å²) in [4.78, 5) is 0. The van der Waals surface area contributed by atoms with Crippen molar-refractivity contribution in [2.45, 2.75) is 17.5 Å². The van der Waals surface area contributed by atoms with Gasteiger partial charge in [0.25, 0.3) is 0 Å². The third-order valence-electron chi connectivity index (χ3n) is 4.31. The summed E-state index contributed by atoms with van der Waals surface area (Å²) in [7, 11) is 1.64. The fourth-order valence-electron chi connectivity index (χ4n) is 2.85. The maximum Gasteiger partial charge on any atom is 0.192 e. The van der Waals surface area contributed by atoms with Crippen LogP contribution in [0.1, 0.15) is 11.3 Å². The van der Waals surface area contributed by atoms with Gasteiger partial charge in [-0.1, -0.05) is 53.2 Å². The van der Waals surface area contributed by atoms with E-state index in [4.69, 9.17) is 32.4 Å². The van der Waals surface area contributed by atoms with Gasteiger partial charge in [-0.3, -0.25) is 4.57 Å². The lowest BCUT2D eigenvalue weighted by Gasteiger charge is -2.10. The van der Waals surface area contributed by atoms with E-state index in [1.165, 1.54) is 0 Å². The zero-order valence-electron chi connectivity index (χ0n) is 15.5. The van der Waals surface area contributed by atoms with Crippen molar-refractivity contribution in [2.24, 2.45) is 0 Å². The molecule has 0 amide bonds. The highest BCUT2D eigenvalue weighted by Gasteiger charge is 2.17. The molecule has 0 fully saturated rings. The monoisotopic (exact) mass is 445 g/mol. The lowest BCUT2D eigenvalue weighted by molar-refractivity contribution is 0.415. The minimum Gasteiger partial charge on any atom is -0.497 e. The third kappa shape index (κ3) is 4.61. The van der Waals surface area contributed by atoms with Gasteiger partial charge >= 0.3 is 0 Å².